The molecule has 17 heavy (non-hydrogen) atoms. The van der Waals surface area contributed by atoms with Gasteiger partial charge in [0.25, 0.3) is 0 Å². The van der Waals surface area contributed by atoms with E-state index in [0.29, 0.717) is 4.48 Å². The molecule has 0 spiro atoms. The average Bonchev–Trinajstić information content (AvgIpc) is 2.27. The summed E-state index contributed by atoms with van der Waals surface area (Å²) >= 11 is 0. The molecule has 0 aliphatic heterocycles. The number of hydrogen-bond acceptors (Lipinski definition) is 2. The van der Waals surface area contributed by atoms with Gasteiger partial charge in [-0.05, 0) is 18.6 Å². The van der Waals surface area contributed by atoms with E-state index in [4.69, 9.17) is 0 Å². The van der Waals surface area contributed by atoms with Crippen LogP contribution in [0.15, 0.2) is 25.3 Å². The summed E-state index contributed by atoms with van der Waals surface area (Å²) in [5, 5.41) is 5.38. The number of amides is 2. The Morgan fingerprint density at radius 2 is 1.59 bits per heavy atom. The van der Waals surface area contributed by atoms with E-state index in [9.17, 15) is 9.59 Å². The van der Waals surface area contributed by atoms with Gasteiger partial charge in [-0.2, -0.15) is 0 Å². The molecule has 0 saturated carbocycles. The minimum atomic E-state index is -0.494. The third-order valence-corrected chi connectivity index (χ3v) is 2.43. The molecule has 0 saturated heterocycles. The second kappa shape index (κ2) is 6.85. The van der Waals surface area contributed by atoms with Crippen LogP contribution in [-0.2, 0) is 9.59 Å². The van der Waals surface area contributed by atoms with Crippen LogP contribution >= 0.6 is 0 Å². The number of hydrogen-bond donors (Lipinski definition) is 2. The van der Waals surface area contributed by atoms with Crippen molar-refractivity contribution in [3.05, 3.63) is 25.3 Å². The predicted octanol–water partition coefficient (Wildman–Crippen LogP) is 0.361. The van der Waals surface area contributed by atoms with Crippen molar-refractivity contribution in [2.45, 2.75) is 19.6 Å². The first-order valence-corrected chi connectivity index (χ1v) is 5.56. The predicted molar refractivity (Wildman–Crippen MR) is 67.7 cm³/mol. The van der Waals surface area contributed by atoms with Crippen molar-refractivity contribution in [2.24, 2.45) is 0 Å². The first-order valence-electron chi connectivity index (χ1n) is 5.56. The molecule has 5 heteroatoms. The summed E-state index contributed by atoms with van der Waals surface area (Å²) in [5.74, 6) is -0.636. The first kappa shape index (κ1) is 15.4. The van der Waals surface area contributed by atoms with Gasteiger partial charge in [-0.25, -0.2) is 0 Å². The Kier molecular flexibility index (Phi) is 6.20. The van der Waals surface area contributed by atoms with E-state index in [0.717, 1.165) is 13.0 Å². The topological polar surface area (TPSA) is 58.2 Å². The molecule has 2 amide bonds. The van der Waals surface area contributed by atoms with Crippen molar-refractivity contribution in [2.75, 3.05) is 20.6 Å². The maximum Gasteiger partial charge on any atom is 0.249 e. The van der Waals surface area contributed by atoms with E-state index in [1.807, 2.05) is 21.0 Å². The van der Waals surface area contributed by atoms with Gasteiger partial charge >= 0.3 is 0 Å². The molecular formula is C12H22N3O2+. The average molecular weight is 240 g/mol. The van der Waals surface area contributed by atoms with Gasteiger partial charge in [0.1, 0.15) is 0 Å². The summed E-state index contributed by atoms with van der Waals surface area (Å²) in [6.45, 7) is 9.64. The Morgan fingerprint density at radius 1 is 1.18 bits per heavy atom. The highest BCUT2D eigenvalue weighted by atomic mass is 16.2. The van der Waals surface area contributed by atoms with Crippen LogP contribution in [0.4, 0.5) is 0 Å². The number of rotatable bonds is 7. The SMILES string of the molecule is C=CC(=O)NC(NC(=O)C=C)[N+](C)(C)CCC. The maximum absolute atomic E-state index is 11.3. The minimum Gasteiger partial charge on any atom is -0.291 e. The zero-order valence-corrected chi connectivity index (χ0v) is 10.8. The molecule has 0 aromatic heterocycles. The smallest absolute Gasteiger partial charge is 0.249 e. The Balaban J connectivity index is 4.81. The van der Waals surface area contributed by atoms with Crippen LogP contribution < -0.4 is 10.6 Å². The van der Waals surface area contributed by atoms with E-state index in [-0.39, 0.29) is 11.8 Å². The van der Waals surface area contributed by atoms with Crippen LogP contribution in [0.3, 0.4) is 0 Å². The largest absolute Gasteiger partial charge is 0.291 e. The monoisotopic (exact) mass is 240 g/mol. The molecule has 2 N–H and O–H groups in total. The van der Waals surface area contributed by atoms with Gasteiger partial charge in [0.2, 0.25) is 18.1 Å². The van der Waals surface area contributed by atoms with Crippen LogP contribution in [0, 0.1) is 0 Å². The fraction of sp³-hybridized carbons (Fsp3) is 0.500. The summed E-state index contributed by atoms with van der Waals surface area (Å²) < 4.78 is 0.454. The molecule has 0 radical (unpaired) electrons. The Morgan fingerprint density at radius 3 is 1.88 bits per heavy atom. The molecule has 0 aliphatic carbocycles. The number of quaternary nitrogens is 1. The van der Waals surface area contributed by atoms with Gasteiger partial charge < -0.3 is 0 Å². The lowest BCUT2D eigenvalue weighted by molar-refractivity contribution is -0.919. The van der Waals surface area contributed by atoms with Gasteiger partial charge in [0.05, 0.1) is 20.6 Å². The molecule has 0 fully saturated rings. The second-order valence-electron chi connectivity index (χ2n) is 4.33. The van der Waals surface area contributed by atoms with E-state index in [2.05, 4.69) is 23.8 Å². The summed E-state index contributed by atoms with van der Waals surface area (Å²) in [4.78, 5) is 22.7. The number of carbonyl (C=O) groups is 2. The van der Waals surface area contributed by atoms with Crippen LogP contribution in [-0.4, -0.2) is 43.2 Å². The molecule has 0 heterocycles. The lowest BCUT2D eigenvalue weighted by atomic mass is 10.3. The summed E-state index contributed by atoms with van der Waals surface area (Å²) in [5.41, 5.74) is 0. The molecule has 0 aromatic carbocycles. The van der Waals surface area contributed by atoms with E-state index < -0.39 is 6.29 Å². The molecule has 0 unspecified atom stereocenters. The van der Waals surface area contributed by atoms with Crippen molar-refractivity contribution < 1.29 is 14.1 Å². The lowest BCUT2D eigenvalue weighted by Crippen LogP contribution is -2.65. The van der Waals surface area contributed by atoms with Crippen molar-refractivity contribution in [1.29, 1.82) is 0 Å². The number of nitrogens with zero attached hydrogens (tertiary/aromatic N) is 1. The number of carbonyl (C=O) groups excluding carboxylic acids is 2. The van der Waals surface area contributed by atoms with Crippen LogP contribution in [0.1, 0.15) is 13.3 Å². The minimum absolute atomic E-state index is 0.318. The van der Waals surface area contributed by atoms with Gasteiger partial charge in [-0.3, -0.25) is 24.7 Å². The van der Waals surface area contributed by atoms with Crippen LogP contribution in [0.2, 0.25) is 0 Å². The van der Waals surface area contributed by atoms with Gasteiger partial charge in [0, 0.05) is 0 Å². The maximum atomic E-state index is 11.3. The van der Waals surface area contributed by atoms with E-state index >= 15 is 0 Å². The normalized spacial score (nSPS) is 10.8. The van der Waals surface area contributed by atoms with Gasteiger partial charge in [-0.1, -0.05) is 20.1 Å². The molecule has 0 aromatic rings. The standard InChI is InChI=1S/C12H21N3O2/c1-6-9-15(4,5)12(13-10(16)7-2)14-11(17)8-3/h7-8,12H,2-3,6,9H2,1,4-5H3,(H-,13,14,16,17)/p+1. The molecular weight excluding hydrogens is 218 g/mol. The summed E-state index contributed by atoms with van der Waals surface area (Å²) in [6.07, 6.45) is 2.81. The summed E-state index contributed by atoms with van der Waals surface area (Å²) in [6, 6.07) is 0. The van der Waals surface area contributed by atoms with E-state index in [1.54, 1.807) is 0 Å². The first-order chi connectivity index (χ1) is 7.87. The van der Waals surface area contributed by atoms with Crippen LogP contribution in [0.5, 0.6) is 0 Å². The zero-order valence-electron chi connectivity index (χ0n) is 10.8. The van der Waals surface area contributed by atoms with Crippen molar-refractivity contribution in [3.63, 3.8) is 0 Å². The Bertz CT molecular complexity index is 289. The molecule has 0 bridgehead atoms. The van der Waals surface area contributed by atoms with E-state index in [1.165, 1.54) is 12.2 Å². The molecule has 0 rings (SSSR count). The second-order valence-corrected chi connectivity index (χ2v) is 4.33. The lowest BCUT2D eigenvalue weighted by Gasteiger charge is -2.37. The fourth-order valence-corrected chi connectivity index (χ4v) is 1.48. The summed E-state index contributed by atoms with van der Waals surface area (Å²) in [7, 11) is 3.86. The quantitative estimate of drug-likeness (QED) is 0.383. The van der Waals surface area contributed by atoms with Gasteiger partial charge in [0.15, 0.2) is 0 Å². The Hall–Kier alpha value is -1.62. The zero-order chi connectivity index (χ0) is 13.5. The van der Waals surface area contributed by atoms with Crippen LogP contribution in [0.25, 0.3) is 0 Å². The molecule has 0 atom stereocenters. The third-order valence-electron chi connectivity index (χ3n) is 2.43. The molecule has 96 valence electrons. The van der Waals surface area contributed by atoms with Crippen molar-refractivity contribution in [1.82, 2.24) is 10.6 Å². The molecule has 5 nitrogen and oxygen atoms in total. The fourth-order valence-electron chi connectivity index (χ4n) is 1.48. The highest BCUT2D eigenvalue weighted by Crippen LogP contribution is 2.03. The van der Waals surface area contributed by atoms with Crippen molar-refractivity contribution in [3.8, 4) is 0 Å². The highest BCUT2D eigenvalue weighted by molar-refractivity contribution is 5.89. The number of nitrogens with one attached hydrogen (secondary N) is 2. The third kappa shape index (κ3) is 5.31. The van der Waals surface area contributed by atoms with Gasteiger partial charge in [-0.15, -0.1) is 0 Å². The molecule has 0 aliphatic rings. The highest BCUT2D eigenvalue weighted by Gasteiger charge is 2.29. The van der Waals surface area contributed by atoms with Crippen molar-refractivity contribution >= 4 is 11.8 Å². The Labute approximate surface area is 103 Å².